The van der Waals surface area contributed by atoms with Gasteiger partial charge in [-0.3, -0.25) is 9.98 Å². The summed E-state index contributed by atoms with van der Waals surface area (Å²) in [6.45, 7) is 4.64. The maximum atomic E-state index is 13.0. The van der Waals surface area contributed by atoms with Crippen LogP contribution in [0, 0.1) is 13.8 Å². The Morgan fingerprint density at radius 1 is 0.674 bits per heavy atom. The summed E-state index contributed by atoms with van der Waals surface area (Å²) in [5, 5.41) is 37.8. The first-order valence-electron chi connectivity index (χ1n) is 11.6. The Bertz CT molecular complexity index is 1350. The molecular formula is C28H24CoF6N2O6. The van der Waals surface area contributed by atoms with Crippen LogP contribution in [-0.2, 0) is 38.7 Å². The van der Waals surface area contributed by atoms with Crippen molar-refractivity contribution in [3.63, 3.8) is 0 Å². The topological polar surface area (TPSA) is 145 Å². The zero-order chi connectivity index (χ0) is 32.4. The van der Waals surface area contributed by atoms with Gasteiger partial charge in [-0.15, -0.1) is 0 Å². The van der Waals surface area contributed by atoms with Crippen molar-refractivity contribution in [1.82, 2.24) is 0 Å². The fourth-order valence-corrected chi connectivity index (χ4v) is 3.05. The number of benzene rings is 3. The number of hydrogen-bond acceptors (Lipinski definition) is 8. The van der Waals surface area contributed by atoms with E-state index in [1.54, 1.807) is 0 Å². The first-order valence-corrected chi connectivity index (χ1v) is 11.6. The Labute approximate surface area is 252 Å². The van der Waals surface area contributed by atoms with Gasteiger partial charge in [-0.2, -0.15) is 26.3 Å². The minimum absolute atomic E-state index is 0. The summed E-state index contributed by atoms with van der Waals surface area (Å²) in [5.74, 6) is -2.82. The predicted molar refractivity (Wildman–Crippen MR) is 138 cm³/mol. The van der Waals surface area contributed by atoms with Gasteiger partial charge in [-0.25, -0.2) is 0 Å². The van der Waals surface area contributed by atoms with Crippen LogP contribution in [0.4, 0.5) is 37.7 Å². The van der Waals surface area contributed by atoms with Crippen molar-refractivity contribution in [1.29, 1.82) is 0 Å². The summed E-state index contributed by atoms with van der Waals surface area (Å²) in [6.07, 6.45) is -6.96. The molecule has 0 heterocycles. The summed E-state index contributed by atoms with van der Waals surface area (Å²) in [7, 11) is 0. The van der Waals surface area contributed by atoms with E-state index >= 15 is 0 Å². The van der Waals surface area contributed by atoms with Crippen LogP contribution in [0.3, 0.4) is 0 Å². The summed E-state index contributed by atoms with van der Waals surface area (Å²) >= 11 is 0. The largest absolute Gasteiger partial charge is 2.00 e. The molecule has 0 fully saturated rings. The van der Waals surface area contributed by atoms with Crippen molar-refractivity contribution >= 4 is 35.7 Å². The number of phenols is 2. The molecule has 2 N–H and O–H groups in total. The maximum Gasteiger partial charge on any atom is 2.00 e. The minimum Gasteiger partial charge on any atom is -0.550 e. The van der Waals surface area contributed by atoms with Gasteiger partial charge in [0, 0.05) is 35.5 Å². The van der Waals surface area contributed by atoms with Crippen molar-refractivity contribution in [2.24, 2.45) is 9.98 Å². The number of rotatable bonds is 4. The molecule has 233 valence electrons. The van der Waals surface area contributed by atoms with Crippen molar-refractivity contribution < 1.29 is 73.1 Å². The van der Waals surface area contributed by atoms with E-state index in [2.05, 4.69) is 9.98 Å². The van der Waals surface area contributed by atoms with Crippen LogP contribution < -0.4 is 10.2 Å². The number of phenolic OH excluding ortho intramolecular Hbond substituents is 2. The van der Waals surface area contributed by atoms with E-state index in [1.807, 2.05) is 0 Å². The molecule has 0 aromatic heterocycles. The van der Waals surface area contributed by atoms with E-state index in [-0.39, 0.29) is 50.5 Å². The number of carbonyl (C=O) groups is 2. The number of aliphatic imine (C=N–C) groups is 2. The molecule has 15 heteroatoms. The van der Waals surface area contributed by atoms with Crippen LogP contribution >= 0.6 is 0 Å². The molecule has 0 spiro atoms. The molecule has 0 saturated carbocycles. The average molecular weight is 657 g/mol. The fourth-order valence-electron chi connectivity index (χ4n) is 3.05. The number of aryl methyl sites for hydroxylation is 2. The van der Waals surface area contributed by atoms with Gasteiger partial charge in [-0.1, -0.05) is 0 Å². The summed E-state index contributed by atoms with van der Waals surface area (Å²) in [6, 6.07) is 9.18. The number of carboxylic acids is 2. The van der Waals surface area contributed by atoms with Gasteiger partial charge < -0.3 is 30.0 Å². The van der Waals surface area contributed by atoms with Crippen molar-refractivity contribution in [3.8, 4) is 11.5 Å². The van der Waals surface area contributed by atoms with E-state index in [1.165, 1.54) is 38.1 Å². The van der Waals surface area contributed by atoms with Crippen molar-refractivity contribution in [3.05, 3.63) is 81.9 Å². The Hall–Kier alpha value is -4.37. The van der Waals surface area contributed by atoms with E-state index in [4.69, 9.17) is 19.8 Å². The second-order valence-corrected chi connectivity index (χ2v) is 8.47. The number of nitrogens with zero attached hydrogens (tertiary/aromatic N) is 2. The van der Waals surface area contributed by atoms with Gasteiger partial charge in [0.05, 0.1) is 22.5 Å². The number of halogens is 6. The van der Waals surface area contributed by atoms with Crippen LogP contribution in [0.5, 0.6) is 11.5 Å². The maximum absolute atomic E-state index is 13.0. The summed E-state index contributed by atoms with van der Waals surface area (Å²) in [4.78, 5) is 25.9. The number of alkyl halides is 6. The van der Waals surface area contributed by atoms with Crippen LogP contribution in [0.1, 0.15) is 47.2 Å². The van der Waals surface area contributed by atoms with Crippen molar-refractivity contribution in [2.45, 2.75) is 40.0 Å². The van der Waals surface area contributed by atoms with Gasteiger partial charge in [0.25, 0.3) is 0 Å². The van der Waals surface area contributed by atoms with Crippen LogP contribution in [0.15, 0.2) is 58.5 Å². The molecule has 0 aliphatic heterocycles. The van der Waals surface area contributed by atoms with Crippen LogP contribution in [-0.4, -0.2) is 34.6 Å². The predicted octanol–water partition coefficient (Wildman–Crippen LogP) is 4.76. The second-order valence-electron chi connectivity index (χ2n) is 8.47. The van der Waals surface area contributed by atoms with E-state index in [9.17, 15) is 36.6 Å². The Morgan fingerprint density at radius 3 is 1.16 bits per heavy atom. The first kappa shape index (κ1) is 38.6. The molecule has 8 nitrogen and oxygen atoms in total. The summed E-state index contributed by atoms with van der Waals surface area (Å²) < 4.78 is 78.0. The molecule has 1 radical (unpaired) electrons. The zero-order valence-corrected chi connectivity index (χ0v) is 23.8. The molecule has 0 aliphatic rings. The first-order chi connectivity index (χ1) is 19.2. The molecule has 0 saturated heterocycles. The van der Waals surface area contributed by atoms with E-state index in [0.717, 1.165) is 50.5 Å². The molecule has 43 heavy (non-hydrogen) atoms. The quantitative estimate of drug-likeness (QED) is 0.306. The third-order valence-corrected chi connectivity index (χ3v) is 4.87. The standard InChI is InChI=1S/C24H18F6N2O2.2C2H4O2.Co/c1-13-7-17(23(25,26)27)9-15(21(13)33)11-31-19-3-5-20(6-4-19)32-12-16-10-18(24(28,29)30)8-14(2)22(16)34;2*1-2(3)4;/h3-12,33-34H,1-2H3;2*1H3,(H,3,4);/q;;;+2/p-2. The number of carbonyl (C=O) groups excluding carboxylic acids is 2. The van der Waals surface area contributed by atoms with Gasteiger partial charge >= 0.3 is 29.1 Å². The molecule has 3 aromatic carbocycles. The Morgan fingerprint density at radius 2 is 0.930 bits per heavy atom. The fraction of sp³-hybridized carbons (Fsp3) is 0.214. The molecule has 0 unspecified atom stereocenters. The van der Waals surface area contributed by atoms with Gasteiger partial charge in [0.15, 0.2) is 0 Å². The molecule has 0 atom stereocenters. The number of aromatic hydroxyl groups is 2. The number of carboxylic acid groups (broad SMARTS) is 2. The van der Waals surface area contributed by atoms with Crippen molar-refractivity contribution in [2.75, 3.05) is 0 Å². The van der Waals surface area contributed by atoms with Crippen LogP contribution in [0.25, 0.3) is 0 Å². The third-order valence-electron chi connectivity index (χ3n) is 4.87. The normalized spacial score (nSPS) is 11.2. The summed E-state index contributed by atoms with van der Waals surface area (Å²) in [5.41, 5.74) is -1.26. The molecule has 3 rings (SSSR count). The SMILES string of the molecule is CC(=O)[O-].CC(=O)[O-].Cc1cc(C(F)(F)F)cc(C=Nc2ccc(N=Cc3cc(C(F)(F)F)cc(C)c3O)cc2)c1O.[Co+2]. The zero-order valence-electron chi connectivity index (χ0n) is 22.8. The number of hydrogen-bond donors (Lipinski definition) is 2. The van der Waals surface area contributed by atoms with E-state index in [0.29, 0.717) is 11.4 Å². The molecule has 3 aromatic rings. The van der Waals surface area contributed by atoms with Gasteiger partial charge in [0.2, 0.25) is 0 Å². The Kier molecular flexibility index (Phi) is 14.7. The molecular weight excluding hydrogens is 633 g/mol. The Balaban J connectivity index is 0.00000174. The minimum atomic E-state index is -4.58. The smallest absolute Gasteiger partial charge is 0.550 e. The molecule has 0 aliphatic carbocycles. The molecule has 0 bridgehead atoms. The monoisotopic (exact) mass is 657 g/mol. The van der Waals surface area contributed by atoms with Crippen LogP contribution in [0.2, 0.25) is 0 Å². The van der Waals surface area contributed by atoms with Gasteiger partial charge in [-0.05, 0) is 87.4 Å². The third kappa shape index (κ3) is 13.4. The van der Waals surface area contributed by atoms with Gasteiger partial charge in [0.1, 0.15) is 11.5 Å². The molecule has 0 amide bonds. The average Bonchev–Trinajstić information content (AvgIpc) is 2.84. The second kappa shape index (κ2) is 16.3. The van der Waals surface area contributed by atoms with E-state index < -0.39 is 35.4 Å². The number of aliphatic carboxylic acids is 2.